The average molecular weight is 445 g/mol. The molecule has 3 aromatic rings. The van der Waals surface area contributed by atoms with E-state index in [1.54, 1.807) is 18.2 Å². The first-order chi connectivity index (χ1) is 11.8. The van der Waals surface area contributed by atoms with Gasteiger partial charge in [0.05, 0.1) is 4.90 Å². The van der Waals surface area contributed by atoms with Gasteiger partial charge in [0.2, 0.25) is 10.0 Å². The molecule has 0 saturated carbocycles. The molecule has 0 aliphatic rings. The van der Waals surface area contributed by atoms with Crippen LogP contribution in [0, 0.1) is 5.82 Å². The highest BCUT2D eigenvalue weighted by Gasteiger charge is 2.19. The molecule has 0 atom stereocenters. The Hall–Kier alpha value is -1.42. The number of oxazole rings is 1. The first kappa shape index (κ1) is 18.4. The summed E-state index contributed by atoms with van der Waals surface area (Å²) < 4.78 is 45.6. The van der Waals surface area contributed by atoms with E-state index < -0.39 is 10.0 Å². The van der Waals surface area contributed by atoms with Crippen LogP contribution in [0.15, 0.2) is 55.4 Å². The summed E-state index contributed by atoms with van der Waals surface area (Å²) in [5, 5.41) is 0.358. The van der Waals surface area contributed by atoms with Crippen molar-refractivity contribution >= 4 is 48.8 Å². The Kier molecular flexibility index (Phi) is 5.19. The maximum atomic E-state index is 13.9. The lowest BCUT2D eigenvalue weighted by molar-refractivity contribution is 0.489. The van der Waals surface area contributed by atoms with Crippen LogP contribution in [0.3, 0.4) is 0 Å². The minimum atomic E-state index is -3.53. The molecule has 0 saturated heterocycles. The van der Waals surface area contributed by atoms with E-state index in [4.69, 9.17) is 4.42 Å². The van der Waals surface area contributed by atoms with E-state index >= 15 is 0 Å². The summed E-state index contributed by atoms with van der Waals surface area (Å²) in [6.45, 7) is 0. The lowest BCUT2D eigenvalue weighted by atomic mass is 10.2. The smallest absolute Gasteiger partial charge is 0.257 e. The molecular formula is C16H14BrFN2O3S2. The highest BCUT2D eigenvalue weighted by molar-refractivity contribution is 9.10. The van der Waals surface area contributed by atoms with Gasteiger partial charge in [-0.15, -0.1) is 0 Å². The zero-order valence-corrected chi connectivity index (χ0v) is 16.6. The van der Waals surface area contributed by atoms with Gasteiger partial charge in [-0.2, -0.15) is 0 Å². The van der Waals surface area contributed by atoms with Crippen molar-refractivity contribution in [2.45, 2.75) is 15.9 Å². The van der Waals surface area contributed by atoms with Crippen molar-refractivity contribution in [3.8, 4) is 0 Å². The van der Waals surface area contributed by atoms with Gasteiger partial charge < -0.3 is 4.42 Å². The number of hydrogen-bond acceptors (Lipinski definition) is 5. The van der Waals surface area contributed by atoms with E-state index in [9.17, 15) is 12.8 Å². The summed E-state index contributed by atoms with van der Waals surface area (Å²) in [6, 6.07) is 9.38. The van der Waals surface area contributed by atoms with Gasteiger partial charge in [-0.05, 0) is 35.9 Å². The molecule has 25 heavy (non-hydrogen) atoms. The standard InChI is InChI=1S/C16H14BrFN2O3S2/c1-20(2)25(21,22)12-5-6-15-14(8-12)19-16(23-15)24-9-10-3-4-11(17)7-13(10)18/h3-8H,9H2,1-2H3. The summed E-state index contributed by atoms with van der Waals surface area (Å²) in [4.78, 5) is 4.44. The van der Waals surface area contributed by atoms with Crippen LogP contribution in [0.4, 0.5) is 4.39 Å². The number of benzene rings is 2. The second-order valence-corrected chi connectivity index (χ2v) is 9.42. The number of hydrogen-bond donors (Lipinski definition) is 0. The molecule has 9 heteroatoms. The predicted octanol–water partition coefficient (Wildman–Crippen LogP) is 4.27. The van der Waals surface area contributed by atoms with Crippen molar-refractivity contribution < 1.29 is 17.2 Å². The third kappa shape index (κ3) is 3.89. The Morgan fingerprint density at radius 2 is 2.00 bits per heavy atom. The van der Waals surface area contributed by atoms with Gasteiger partial charge >= 0.3 is 0 Å². The molecule has 0 aliphatic heterocycles. The maximum Gasteiger partial charge on any atom is 0.257 e. The third-order valence-corrected chi connectivity index (χ3v) is 6.67. The van der Waals surface area contributed by atoms with E-state index in [1.807, 2.05) is 0 Å². The molecule has 0 radical (unpaired) electrons. The fraction of sp³-hybridized carbons (Fsp3) is 0.188. The number of aromatic nitrogens is 1. The fourth-order valence-corrected chi connectivity index (χ4v) is 4.18. The van der Waals surface area contributed by atoms with Gasteiger partial charge in [0, 0.05) is 24.3 Å². The van der Waals surface area contributed by atoms with Gasteiger partial charge in [-0.25, -0.2) is 22.1 Å². The second kappa shape index (κ2) is 7.06. The molecule has 0 fully saturated rings. The lowest BCUT2D eigenvalue weighted by Gasteiger charge is -2.10. The van der Waals surface area contributed by atoms with Crippen molar-refractivity contribution in [2.75, 3.05) is 14.1 Å². The van der Waals surface area contributed by atoms with Crippen molar-refractivity contribution in [2.24, 2.45) is 0 Å². The Bertz CT molecular complexity index is 1040. The van der Waals surface area contributed by atoms with Gasteiger partial charge in [0.15, 0.2) is 5.58 Å². The molecule has 1 aromatic heterocycles. The largest absolute Gasteiger partial charge is 0.431 e. The third-order valence-electron chi connectivity index (χ3n) is 3.48. The Balaban J connectivity index is 1.84. The summed E-state index contributed by atoms with van der Waals surface area (Å²) in [6.07, 6.45) is 0. The average Bonchev–Trinajstić information content (AvgIpc) is 2.95. The van der Waals surface area contributed by atoms with Crippen molar-refractivity contribution in [1.82, 2.24) is 9.29 Å². The van der Waals surface area contributed by atoms with E-state index in [0.717, 1.165) is 4.31 Å². The van der Waals surface area contributed by atoms with Crippen LogP contribution in [0.5, 0.6) is 0 Å². The predicted molar refractivity (Wildman–Crippen MR) is 98.5 cm³/mol. The van der Waals surface area contributed by atoms with Crippen LogP contribution < -0.4 is 0 Å². The number of thioether (sulfide) groups is 1. The first-order valence-corrected chi connectivity index (χ1v) is 10.4. The Morgan fingerprint density at radius 3 is 2.68 bits per heavy atom. The number of halogens is 2. The summed E-state index contributed by atoms with van der Waals surface area (Å²) in [5.41, 5.74) is 1.46. The highest BCUT2D eigenvalue weighted by atomic mass is 79.9. The number of sulfonamides is 1. The minimum absolute atomic E-state index is 0.147. The molecule has 2 aromatic carbocycles. The number of nitrogens with zero attached hydrogens (tertiary/aromatic N) is 2. The van der Waals surface area contributed by atoms with Gasteiger partial charge in [0.25, 0.3) is 5.22 Å². The minimum Gasteiger partial charge on any atom is -0.431 e. The van der Waals surface area contributed by atoms with Gasteiger partial charge in [-0.3, -0.25) is 0 Å². The monoisotopic (exact) mass is 444 g/mol. The summed E-state index contributed by atoms with van der Waals surface area (Å²) in [7, 11) is -0.596. The zero-order chi connectivity index (χ0) is 18.2. The highest BCUT2D eigenvalue weighted by Crippen LogP contribution is 2.29. The quantitative estimate of drug-likeness (QED) is 0.549. The molecule has 0 amide bonds. The molecule has 3 rings (SSSR count). The Morgan fingerprint density at radius 1 is 1.24 bits per heavy atom. The molecule has 1 heterocycles. The topological polar surface area (TPSA) is 63.4 Å². The molecule has 132 valence electrons. The number of fused-ring (bicyclic) bond motifs is 1. The van der Waals surface area contributed by atoms with E-state index in [-0.39, 0.29) is 10.7 Å². The molecule has 0 spiro atoms. The molecule has 0 bridgehead atoms. The van der Waals surface area contributed by atoms with Crippen molar-refractivity contribution in [3.05, 3.63) is 52.3 Å². The lowest BCUT2D eigenvalue weighted by Crippen LogP contribution is -2.22. The van der Waals surface area contributed by atoms with Crippen LogP contribution in [0.25, 0.3) is 11.1 Å². The SMILES string of the molecule is CN(C)S(=O)(=O)c1ccc2oc(SCc3ccc(Br)cc3F)nc2c1. The molecule has 0 unspecified atom stereocenters. The maximum absolute atomic E-state index is 13.9. The molecule has 0 N–H and O–H groups in total. The molecule has 5 nitrogen and oxygen atoms in total. The molecular weight excluding hydrogens is 431 g/mol. The van der Waals surface area contributed by atoms with Gasteiger partial charge in [-0.1, -0.05) is 33.8 Å². The van der Waals surface area contributed by atoms with Crippen LogP contribution in [0.1, 0.15) is 5.56 Å². The van der Waals surface area contributed by atoms with Crippen LogP contribution >= 0.6 is 27.7 Å². The first-order valence-electron chi connectivity index (χ1n) is 7.17. The van der Waals surface area contributed by atoms with Crippen LogP contribution in [-0.2, 0) is 15.8 Å². The number of rotatable bonds is 5. The Labute approximate surface area is 157 Å². The van der Waals surface area contributed by atoms with Crippen LogP contribution in [-0.4, -0.2) is 31.8 Å². The molecule has 0 aliphatic carbocycles. The van der Waals surface area contributed by atoms with Crippen LogP contribution in [0.2, 0.25) is 0 Å². The van der Waals surface area contributed by atoms with E-state index in [0.29, 0.717) is 32.1 Å². The normalized spacial score (nSPS) is 12.2. The fourth-order valence-electron chi connectivity index (χ4n) is 2.10. The van der Waals surface area contributed by atoms with Crippen molar-refractivity contribution in [3.63, 3.8) is 0 Å². The van der Waals surface area contributed by atoms with Crippen molar-refractivity contribution in [1.29, 1.82) is 0 Å². The van der Waals surface area contributed by atoms with E-state index in [2.05, 4.69) is 20.9 Å². The second-order valence-electron chi connectivity index (χ2n) is 5.42. The summed E-state index contributed by atoms with van der Waals surface area (Å²) in [5.74, 6) is 0.0479. The van der Waals surface area contributed by atoms with E-state index in [1.165, 1.54) is 44.1 Å². The summed E-state index contributed by atoms with van der Waals surface area (Å²) >= 11 is 4.46. The van der Waals surface area contributed by atoms with Gasteiger partial charge in [0.1, 0.15) is 11.3 Å². The zero-order valence-electron chi connectivity index (χ0n) is 13.4.